The van der Waals surface area contributed by atoms with Gasteiger partial charge >= 0.3 is 6.18 Å². The Balaban J connectivity index is 1.34. The third-order valence-electron chi connectivity index (χ3n) is 5.93. The summed E-state index contributed by atoms with van der Waals surface area (Å²) < 4.78 is 40.2. The van der Waals surface area contributed by atoms with Crippen LogP contribution >= 0.6 is 11.3 Å². The van der Waals surface area contributed by atoms with Gasteiger partial charge in [-0.25, -0.2) is 0 Å². The number of carbonyl (C=O) groups excluding carboxylic acids is 1. The van der Waals surface area contributed by atoms with E-state index in [0.29, 0.717) is 36.6 Å². The average molecular weight is 456 g/mol. The highest BCUT2D eigenvalue weighted by Gasteiger charge is 2.51. The van der Waals surface area contributed by atoms with Gasteiger partial charge in [0.25, 0.3) is 0 Å². The van der Waals surface area contributed by atoms with Gasteiger partial charge in [0.05, 0.1) is 16.2 Å². The van der Waals surface area contributed by atoms with Crippen LogP contribution in [0.5, 0.6) is 0 Å². The number of benzene rings is 2. The number of halogens is 3. The highest BCUT2D eigenvalue weighted by Crippen LogP contribution is 2.50. The van der Waals surface area contributed by atoms with E-state index in [1.54, 1.807) is 29.5 Å². The lowest BCUT2D eigenvalue weighted by molar-refractivity contribution is -0.137. The van der Waals surface area contributed by atoms with Gasteiger partial charge in [-0.1, -0.05) is 18.2 Å². The lowest BCUT2D eigenvalue weighted by atomic mass is 9.93. The number of hydrogen-bond acceptors (Lipinski definition) is 5. The maximum atomic E-state index is 13.1. The van der Waals surface area contributed by atoms with E-state index >= 15 is 0 Å². The molecule has 0 radical (unpaired) electrons. The fourth-order valence-electron chi connectivity index (χ4n) is 3.94. The molecule has 2 heterocycles. The van der Waals surface area contributed by atoms with Crippen molar-refractivity contribution < 1.29 is 18.0 Å². The van der Waals surface area contributed by atoms with Crippen molar-refractivity contribution in [2.45, 2.75) is 24.4 Å². The first-order chi connectivity index (χ1) is 15.3. The molecule has 2 aromatic carbocycles. The molecular weight excluding hydrogens is 437 g/mol. The summed E-state index contributed by atoms with van der Waals surface area (Å²) in [6.07, 6.45) is -3.41. The van der Waals surface area contributed by atoms with Gasteiger partial charge in [-0.15, -0.1) is 11.3 Å². The molecule has 32 heavy (non-hydrogen) atoms. The van der Waals surface area contributed by atoms with Crippen LogP contribution < -0.4 is 25.8 Å². The third kappa shape index (κ3) is 3.52. The summed E-state index contributed by atoms with van der Waals surface area (Å²) in [6.45, 7) is 0.406. The third-order valence-corrected chi connectivity index (χ3v) is 6.78. The van der Waals surface area contributed by atoms with E-state index in [4.69, 9.17) is 5.73 Å². The Labute approximate surface area is 185 Å². The Hall–Kier alpha value is -3.33. The van der Waals surface area contributed by atoms with Crippen LogP contribution in [0.25, 0.3) is 5.82 Å². The first-order valence-electron chi connectivity index (χ1n) is 10.0. The highest BCUT2D eigenvalue weighted by molar-refractivity contribution is 7.07. The Morgan fingerprint density at radius 3 is 2.56 bits per heavy atom. The molecule has 1 saturated carbocycles. The minimum absolute atomic E-state index is 0.300. The molecule has 1 amide bonds. The second kappa shape index (κ2) is 7.37. The molecule has 5 rings (SSSR count). The second-order valence-electron chi connectivity index (χ2n) is 7.91. The van der Waals surface area contributed by atoms with E-state index in [9.17, 15) is 18.0 Å². The number of hydrogen-bond donors (Lipinski definition) is 2. The molecule has 0 saturated heterocycles. The quantitative estimate of drug-likeness (QED) is 0.631. The van der Waals surface area contributed by atoms with Crippen LogP contribution in [0.1, 0.15) is 24.0 Å². The first-order valence-corrected chi connectivity index (χ1v) is 10.9. The molecular formula is C23H19F3N4OS. The van der Waals surface area contributed by atoms with Crippen LogP contribution in [-0.4, -0.2) is 12.6 Å². The number of carbonyl (C=O) groups is 1. The molecule has 3 N–H and O–H groups in total. The number of rotatable bonds is 4. The molecule has 0 spiro atoms. The average Bonchev–Trinajstić information content (AvgIpc) is 3.45. The Bertz CT molecular complexity index is 1310. The summed E-state index contributed by atoms with van der Waals surface area (Å²) in [5.41, 5.74) is 6.44. The lowest BCUT2D eigenvalue weighted by Gasteiger charge is -2.25. The molecule has 3 aromatic rings. The maximum absolute atomic E-state index is 13.1. The van der Waals surface area contributed by atoms with E-state index < -0.39 is 17.2 Å². The van der Waals surface area contributed by atoms with Gasteiger partial charge in [0.2, 0.25) is 5.91 Å². The zero-order valence-electron chi connectivity index (χ0n) is 16.8. The minimum atomic E-state index is -4.44. The molecule has 0 bridgehead atoms. The van der Waals surface area contributed by atoms with E-state index in [1.807, 2.05) is 28.5 Å². The van der Waals surface area contributed by atoms with Crippen molar-refractivity contribution >= 4 is 34.4 Å². The molecule has 5 nitrogen and oxygen atoms in total. The minimum Gasteiger partial charge on any atom is -0.384 e. The number of nitrogens with zero attached hydrogens (tertiary/aromatic N) is 2. The van der Waals surface area contributed by atoms with Crippen molar-refractivity contribution in [3.05, 3.63) is 81.0 Å². The molecule has 1 aliphatic carbocycles. The van der Waals surface area contributed by atoms with Crippen LogP contribution in [0.15, 0.2) is 65.0 Å². The van der Waals surface area contributed by atoms with Gasteiger partial charge in [-0.05, 0) is 60.2 Å². The van der Waals surface area contributed by atoms with Crippen LogP contribution in [0, 0.1) is 0 Å². The number of fused-ring (bicyclic) bond motifs is 1. The fraction of sp³-hybridized carbons (Fsp3) is 0.217. The van der Waals surface area contributed by atoms with Crippen LogP contribution in [-0.2, 0) is 16.4 Å². The van der Waals surface area contributed by atoms with E-state index in [1.165, 1.54) is 6.07 Å². The van der Waals surface area contributed by atoms with Crippen molar-refractivity contribution in [1.82, 2.24) is 0 Å². The monoisotopic (exact) mass is 456 g/mol. The van der Waals surface area contributed by atoms with Crippen LogP contribution in [0.3, 0.4) is 0 Å². The summed E-state index contributed by atoms with van der Waals surface area (Å²) in [6, 6.07) is 14.1. The normalized spacial score (nSPS) is 16.8. The maximum Gasteiger partial charge on any atom is 0.416 e. The Morgan fingerprint density at radius 1 is 1.12 bits per heavy atom. The summed E-state index contributed by atoms with van der Waals surface area (Å²) >= 11 is 1.54. The standard InChI is InChI=1S/C23H19F3N4OS/c24-23(25,26)15-3-1-2-14(12-15)22(9-10-22)21(31)29-16-4-6-17(7-5-16)30-13-28-20-18(19(30)27)8-11-32-20/h1-8,11-12H,9-10,13,27H2,(H,29,31). The second-order valence-corrected chi connectivity index (χ2v) is 8.81. The zero-order valence-corrected chi connectivity index (χ0v) is 17.6. The molecule has 0 atom stereocenters. The van der Waals surface area contributed by atoms with Crippen molar-refractivity contribution in [3.8, 4) is 0 Å². The number of nitrogens with two attached hydrogens (primary N) is 1. The SMILES string of the molecule is NC1=c2ccsc2=NCN1c1ccc(NC(=O)C2(c3cccc(C(F)(F)F)c3)CC2)cc1. The Kier molecular flexibility index (Phi) is 4.74. The van der Waals surface area contributed by atoms with Crippen molar-refractivity contribution in [3.63, 3.8) is 0 Å². The summed E-state index contributed by atoms with van der Waals surface area (Å²) in [7, 11) is 0. The van der Waals surface area contributed by atoms with Crippen LogP contribution in [0.2, 0.25) is 0 Å². The number of alkyl halides is 3. The first kappa shape index (κ1) is 20.6. The predicted molar refractivity (Wildman–Crippen MR) is 117 cm³/mol. The molecule has 0 unspecified atom stereocenters. The van der Waals surface area contributed by atoms with Crippen molar-refractivity contribution in [1.29, 1.82) is 0 Å². The molecule has 1 fully saturated rings. The highest BCUT2D eigenvalue weighted by atomic mass is 32.1. The summed E-state index contributed by atoms with van der Waals surface area (Å²) in [4.78, 5) is 19.4. The van der Waals surface area contributed by atoms with Gasteiger partial charge in [0, 0.05) is 11.4 Å². The predicted octanol–water partition coefficient (Wildman–Crippen LogP) is 3.56. The lowest BCUT2D eigenvalue weighted by Crippen LogP contribution is -2.41. The molecule has 1 aliphatic heterocycles. The van der Waals surface area contributed by atoms with Gasteiger partial charge in [0.1, 0.15) is 17.2 Å². The largest absolute Gasteiger partial charge is 0.416 e. The molecule has 164 valence electrons. The molecule has 2 aliphatic rings. The number of thiophene rings is 1. The van der Waals surface area contributed by atoms with Gasteiger partial charge in [-0.2, -0.15) is 13.2 Å². The fourth-order valence-corrected chi connectivity index (χ4v) is 4.70. The number of amides is 1. The van der Waals surface area contributed by atoms with E-state index in [-0.39, 0.29) is 5.91 Å². The smallest absolute Gasteiger partial charge is 0.384 e. The molecule has 1 aromatic heterocycles. The van der Waals surface area contributed by atoms with Gasteiger partial charge < -0.3 is 16.0 Å². The van der Waals surface area contributed by atoms with Crippen molar-refractivity contribution in [2.24, 2.45) is 10.7 Å². The molecule has 9 heteroatoms. The summed E-state index contributed by atoms with van der Waals surface area (Å²) in [5.74, 6) is 0.320. The zero-order chi connectivity index (χ0) is 22.5. The summed E-state index contributed by atoms with van der Waals surface area (Å²) in [5, 5.41) is 5.70. The number of anilines is 2. The van der Waals surface area contributed by atoms with Crippen LogP contribution in [0.4, 0.5) is 24.5 Å². The van der Waals surface area contributed by atoms with Crippen molar-refractivity contribution in [2.75, 3.05) is 16.9 Å². The number of nitrogens with one attached hydrogen (secondary N) is 1. The van der Waals surface area contributed by atoms with Gasteiger partial charge in [-0.3, -0.25) is 9.79 Å². The van der Waals surface area contributed by atoms with E-state index in [2.05, 4.69) is 10.3 Å². The Morgan fingerprint density at radius 2 is 1.88 bits per heavy atom. The van der Waals surface area contributed by atoms with E-state index in [0.717, 1.165) is 27.7 Å². The topological polar surface area (TPSA) is 70.7 Å². The van der Waals surface area contributed by atoms with Gasteiger partial charge in [0.15, 0.2) is 0 Å².